The minimum atomic E-state index is -3.43. The predicted molar refractivity (Wildman–Crippen MR) is 74.3 cm³/mol. The first-order valence-electron chi connectivity index (χ1n) is 6.72. The lowest BCUT2D eigenvalue weighted by Gasteiger charge is -2.25. The Labute approximate surface area is 114 Å². The first-order valence-corrected chi connectivity index (χ1v) is 8.20. The van der Waals surface area contributed by atoms with E-state index in [-0.39, 0.29) is 12.0 Å². The van der Waals surface area contributed by atoms with Gasteiger partial charge in [-0.3, -0.25) is 0 Å². The number of rotatable bonds is 4. The molecule has 0 saturated heterocycles. The van der Waals surface area contributed by atoms with Gasteiger partial charge in [-0.1, -0.05) is 18.6 Å². The molecule has 19 heavy (non-hydrogen) atoms. The number of nitrogens with one attached hydrogen (secondary N) is 1. The van der Waals surface area contributed by atoms with Crippen molar-refractivity contribution in [3.8, 4) is 0 Å². The Kier molecular flexibility index (Phi) is 4.60. The second-order valence-corrected chi connectivity index (χ2v) is 7.12. The van der Waals surface area contributed by atoms with Gasteiger partial charge in [0.1, 0.15) is 0 Å². The van der Waals surface area contributed by atoms with Gasteiger partial charge in [-0.15, -0.1) is 0 Å². The summed E-state index contributed by atoms with van der Waals surface area (Å²) >= 11 is 0. The van der Waals surface area contributed by atoms with Crippen molar-refractivity contribution in [2.45, 2.75) is 43.6 Å². The number of benzene rings is 1. The zero-order chi connectivity index (χ0) is 13.9. The summed E-state index contributed by atoms with van der Waals surface area (Å²) in [6, 6.07) is 6.88. The van der Waals surface area contributed by atoms with Crippen molar-refractivity contribution in [1.82, 2.24) is 4.72 Å². The zero-order valence-corrected chi connectivity index (χ0v) is 12.0. The van der Waals surface area contributed by atoms with Gasteiger partial charge in [-0.05, 0) is 49.8 Å². The van der Waals surface area contributed by atoms with Crippen LogP contribution in [0.1, 0.15) is 31.2 Å². The van der Waals surface area contributed by atoms with E-state index in [1.54, 1.807) is 18.2 Å². The fourth-order valence-electron chi connectivity index (χ4n) is 2.54. The molecule has 2 rings (SSSR count). The third-order valence-corrected chi connectivity index (χ3v) is 5.04. The molecule has 2 N–H and O–H groups in total. The fraction of sp³-hybridized carbons (Fsp3) is 0.571. The van der Waals surface area contributed by atoms with Crippen molar-refractivity contribution in [1.29, 1.82) is 0 Å². The Morgan fingerprint density at radius 2 is 2.16 bits per heavy atom. The molecule has 1 fully saturated rings. The highest BCUT2D eigenvalue weighted by Crippen LogP contribution is 2.24. The van der Waals surface area contributed by atoms with Crippen LogP contribution in [0.3, 0.4) is 0 Å². The standard InChI is InChI=1S/C14H21NO3S/c1-11-4-2-7-14(8-11)19(17,18)15-10-12-5-3-6-13(16)9-12/h2,4,7-8,12-13,15-16H,3,5-6,9-10H2,1H3. The second-order valence-electron chi connectivity index (χ2n) is 5.35. The lowest BCUT2D eigenvalue weighted by molar-refractivity contribution is 0.102. The molecule has 4 nitrogen and oxygen atoms in total. The van der Waals surface area contributed by atoms with E-state index in [2.05, 4.69) is 4.72 Å². The Balaban J connectivity index is 1.98. The molecule has 0 spiro atoms. The number of aryl methyl sites for hydroxylation is 1. The van der Waals surface area contributed by atoms with Gasteiger partial charge in [0, 0.05) is 6.54 Å². The summed E-state index contributed by atoms with van der Waals surface area (Å²) in [5.41, 5.74) is 0.927. The highest BCUT2D eigenvalue weighted by atomic mass is 32.2. The molecule has 1 saturated carbocycles. The topological polar surface area (TPSA) is 66.4 Å². The molecule has 2 unspecified atom stereocenters. The molecule has 2 atom stereocenters. The monoisotopic (exact) mass is 283 g/mol. The maximum Gasteiger partial charge on any atom is 0.240 e. The van der Waals surface area contributed by atoms with Crippen molar-refractivity contribution >= 4 is 10.0 Å². The van der Waals surface area contributed by atoms with Crippen LogP contribution in [-0.4, -0.2) is 26.2 Å². The summed E-state index contributed by atoms with van der Waals surface area (Å²) in [6.07, 6.45) is 3.20. The molecule has 0 bridgehead atoms. The lowest BCUT2D eigenvalue weighted by Crippen LogP contribution is -2.33. The molecule has 1 aromatic rings. The normalized spacial score (nSPS) is 24.3. The summed E-state index contributed by atoms with van der Waals surface area (Å²) in [5.74, 6) is 0.239. The Morgan fingerprint density at radius 3 is 2.84 bits per heavy atom. The first kappa shape index (κ1) is 14.5. The highest BCUT2D eigenvalue weighted by Gasteiger charge is 2.22. The molecule has 1 aliphatic rings. The van der Waals surface area contributed by atoms with Crippen LogP contribution in [0.15, 0.2) is 29.2 Å². The second kappa shape index (κ2) is 6.03. The van der Waals surface area contributed by atoms with Crippen LogP contribution < -0.4 is 4.72 Å². The van der Waals surface area contributed by atoms with E-state index in [0.717, 1.165) is 24.8 Å². The van der Waals surface area contributed by atoms with E-state index >= 15 is 0 Å². The van der Waals surface area contributed by atoms with Crippen LogP contribution in [0.4, 0.5) is 0 Å². The van der Waals surface area contributed by atoms with E-state index in [1.807, 2.05) is 13.0 Å². The van der Waals surface area contributed by atoms with Gasteiger partial charge in [-0.2, -0.15) is 0 Å². The third-order valence-electron chi connectivity index (χ3n) is 3.62. The van der Waals surface area contributed by atoms with Gasteiger partial charge in [0.15, 0.2) is 0 Å². The minimum absolute atomic E-state index is 0.239. The molecule has 5 heteroatoms. The van der Waals surface area contributed by atoms with Gasteiger partial charge in [-0.25, -0.2) is 13.1 Å². The largest absolute Gasteiger partial charge is 0.393 e. The molecule has 0 radical (unpaired) electrons. The fourth-order valence-corrected chi connectivity index (χ4v) is 3.76. The summed E-state index contributed by atoms with van der Waals surface area (Å²) < 4.78 is 26.9. The van der Waals surface area contributed by atoms with Crippen molar-refractivity contribution in [2.24, 2.45) is 5.92 Å². The first-order chi connectivity index (χ1) is 8.97. The summed E-state index contributed by atoms with van der Waals surface area (Å²) in [7, 11) is -3.43. The average molecular weight is 283 g/mol. The SMILES string of the molecule is Cc1cccc(S(=O)(=O)NCC2CCCC(O)C2)c1. The van der Waals surface area contributed by atoms with Crippen molar-refractivity contribution in [2.75, 3.05) is 6.54 Å². The van der Waals surface area contributed by atoms with Crippen LogP contribution in [0.5, 0.6) is 0 Å². The van der Waals surface area contributed by atoms with Gasteiger partial charge in [0.25, 0.3) is 0 Å². The third kappa shape index (κ3) is 4.03. The van der Waals surface area contributed by atoms with Crippen LogP contribution in [0, 0.1) is 12.8 Å². The van der Waals surface area contributed by atoms with Crippen molar-refractivity contribution in [3.63, 3.8) is 0 Å². The van der Waals surface area contributed by atoms with Crippen molar-refractivity contribution < 1.29 is 13.5 Å². The Hall–Kier alpha value is -0.910. The molecular formula is C14H21NO3S. The number of hydrogen-bond acceptors (Lipinski definition) is 3. The van der Waals surface area contributed by atoms with Gasteiger partial charge in [0.2, 0.25) is 10.0 Å². The van der Waals surface area contributed by atoms with Gasteiger partial charge >= 0.3 is 0 Å². The summed E-state index contributed by atoms with van der Waals surface area (Å²) in [4.78, 5) is 0.309. The molecule has 0 heterocycles. The van der Waals surface area contributed by atoms with Crippen molar-refractivity contribution in [3.05, 3.63) is 29.8 Å². The maximum atomic E-state index is 12.1. The molecule has 0 amide bonds. The lowest BCUT2D eigenvalue weighted by atomic mass is 9.87. The molecule has 1 aliphatic carbocycles. The summed E-state index contributed by atoms with van der Waals surface area (Å²) in [5, 5.41) is 9.59. The molecule has 106 valence electrons. The zero-order valence-electron chi connectivity index (χ0n) is 11.2. The Bertz CT molecular complexity index is 527. The van der Waals surface area contributed by atoms with Crippen LogP contribution in [-0.2, 0) is 10.0 Å². The number of aliphatic hydroxyl groups excluding tert-OH is 1. The van der Waals surface area contributed by atoms with Gasteiger partial charge in [0.05, 0.1) is 11.0 Å². The van der Waals surface area contributed by atoms with Crippen LogP contribution in [0.25, 0.3) is 0 Å². The van der Waals surface area contributed by atoms with Gasteiger partial charge < -0.3 is 5.11 Å². The maximum absolute atomic E-state index is 12.1. The number of hydrogen-bond donors (Lipinski definition) is 2. The smallest absolute Gasteiger partial charge is 0.240 e. The average Bonchev–Trinajstić information content (AvgIpc) is 2.37. The highest BCUT2D eigenvalue weighted by molar-refractivity contribution is 7.89. The molecular weight excluding hydrogens is 262 g/mol. The quantitative estimate of drug-likeness (QED) is 0.886. The van der Waals surface area contributed by atoms with E-state index in [0.29, 0.717) is 17.9 Å². The van der Waals surface area contributed by atoms with Crippen LogP contribution in [0.2, 0.25) is 0 Å². The number of sulfonamides is 1. The van der Waals surface area contributed by atoms with Crippen LogP contribution >= 0.6 is 0 Å². The Morgan fingerprint density at radius 1 is 1.37 bits per heavy atom. The van der Waals surface area contributed by atoms with E-state index < -0.39 is 10.0 Å². The molecule has 0 aromatic heterocycles. The molecule has 1 aromatic carbocycles. The predicted octanol–water partition coefficient (Wildman–Crippen LogP) is 1.82. The number of aliphatic hydroxyl groups is 1. The van der Waals surface area contributed by atoms with E-state index in [4.69, 9.17) is 0 Å². The minimum Gasteiger partial charge on any atom is -0.393 e. The molecule has 0 aliphatic heterocycles. The van der Waals surface area contributed by atoms with E-state index in [9.17, 15) is 13.5 Å². The van der Waals surface area contributed by atoms with E-state index in [1.165, 1.54) is 0 Å². The summed E-state index contributed by atoms with van der Waals surface area (Å²) in [6.45, 7) is 2.28.